The average Bonchev–Trinajstić information content (AvgIpc) is 3.07. The van der Waals surface area contributed by atoms with Gasteiger partial charge < -0.3 is 9.64 Å². The van der Waals surface area contributed by atoms with Crippen LogP contribution in [0.5, 0.6) is 0 Å². The van der Waals surface area contributed by atoms with Crippen LogP contribution in [0.4, 0.5) is 4.79 Å². The van der Waals surface area contributed by atoms with Gasteiger partial charge in [-0.2, -0.15) is 0 Å². The lowest BCUT2D eigenvalue weighted by Gasteiger charge is -2.12. The molecule has 1 aliphatic carbocycles. The molecule has 90 valence electrons. The first-order valence-electron chi connectivity index (χ1n) is 6.31. The second kappa shape index (κ2) is 4.40. The van der Waals surface area contributed by atoms with E-state index in [1.54, 1.807) is 0 Å². The molecule has 1 aromatic carbocycles. The third-order valence-corrected chi connectivity index (χ3v) is 3.46. The van der Waals surface area contributed by atoms with Crippen LogP contribution in [0.25, 0.3) is 0 Å². The summed E-state index contributed by atoms with van der Waals surface area (Å²) in [6, 6.07) is 10.1. The Morgan fingerprint density at radius 3 is 2.71 bits per heavy atom. The van der Waals surface area contributed by atoms with Crippen molar-refractivity contribution in [3.8, 4) is 0 Å². The fourth-order valence-corrected chi connectivity index (χ4v) is 2.36. The first-order valence-corrected chi connectivity index (χ1v) is 6.31. The molecule has 1 unspecified atom stereocenters. The molecule has 1 atom stereocenters. The van der Waals surface area contributed by atoms with Crippen LogP contribution in [0.15, 0.2) is 30.3 Å². The van der Waals surface area contributed by atoms with E-state index in [4.69, 9.17) is 4.74 Å². The monoisotopic (exact) mass is 231 g/mol. The Morgan fingerprint density at radius 1 is 1.24 bits per heavy atom. The van der Waals surface area contributed by atoms with E-state index in [2.05, 4.69) is 0 Å². The van der Waals surface area contributed by atoms with Crippen molar-refractivity contribution in [1.29, 1.82) is 0 Å². The molecule has 3 rings (SSSR count). The van der Waals surface area contributed by atoms with Crippen molar-refractivity contribution in [2.45, 2.75) is 31.9 Å². The van der Waals surface area contributed by atoms with E-state index in [-0.39, 0.29) is 12.2 Å². The van der Waals surface area contributed by atoms with Crippen molar-refractivity contribution in [1.82, 2.24) is 4.90 Å². The molecular formula is C14H17NO2. The number of benzene rings is 1. The van der Waals surface area contributed by atoms with Crippen molar-refractivity contribution < 1.29 is 9.53 Å². The molecule has 0 aromatic heterocycles. The molecule has 1 aromatic rings. The minimum Gasteiger partial charge on any atom is -0.444 e. The van der Waals surface area contributed by atoms with Gasteiger partial charge in [0.25, 0.3) is 0 Å². The molecule has 17 heavy (non-hydrogen) atoms. The van der Waals surface area contributed by atoms with E-state index >= 15 is 0 Å². The van der Waals surface area contributed by atoms with E-state index in [0.717, 1.165) is 24.4 Å². The van der Waals surface area contributed by atoms with E-state index in [1.165, 1.54) is 12.8 Å². The third-order valence-electron chi connectivity index (χ3n) is 3.46. The normalized spacial score (nSPS) is 23.9. The fraction of sp³-hybridized carbons (Fsp3) is 0.500. The van der Waals surface area contributed by atoms with Crippen LogP contribution in [-0.2, 0) is 11.3 Å². The van der Waals surface area contributed by atoms with Crippen LogP contribution in [0.2, 0.25) is 0 Å². The molecule has 2 fully saturated rings. The topological polar surface area (TPSA) is 29.5 Å². The minimum atomic E-state index is -0.153. The quantitative estimate of drug-likeness (QED) is 0.797. The van der Waals surface area contributed by atoms with Gasteiger partial charge in [0.15, 0.2) is 0 Å². The maximum absolute atomic E-state index is 11.7. The molecule has 0 radical (unpaired) electrons. The highest BCUT2D eigenvalue weighted by molar-refractivity contribution is 5.69. The maximum Gasteiger partial charge on any atom is 0.410 e. The zero-order valence-corrected chi connectivity index (χ0v) is 9.84. The molecule has 1 saturated heterocycles. The van der Waals surface area contributed by atoms with Crippen molar-refractivity contribution >= 4 is 6.09 Å². The number of rotatable bonds is 4. The first-order chi connectivity index (χ1) is 8.31. The van der Waals surface area contributed by atoms with Crippen LogP contribution in [0.3, 0.4) is 0 Å². The van der Waals surface area contributed by atoms with Gasteiger partial charge >= 0.3 is 6.09 Å². The summed E-state index contributed by atoms with van der Waals surface area (Å²) in [6.45, 7) is 1.42. The van der Waals surface area contributed by atoms with Crippen LogP contribution in [0.1, 0.15) is 24.8 Å². The molecule has 3 heteroatoms. The molecular weight excluding hydrogens is 214 g/mol. The summed E-state index contributed by atoms with van der Waals surface area (Å²) in [5.74, 6) is 0.810. The summed E-state index contributed by atoms with van der Waals surface area (Å²) in [5, 5.41) is 0. The van der Waals surface area contributed by atoms with Gasteiger partial charge in [-0.1, -0.05) is 43.2 Å². The van der Waals surface area contributed by atoms with Gasteiger partial charge in [0.05, 0.1) is 6.54 Å². The Balaban J connectivity index is 1.58. The van der Waals surface area contributed by atoms with Gasteiger partial charge in [-0.05, 0) is 17.9 Å². The van der Waals surface area contributed by atoms with Gasteiger partial charge in [-0.25, -0.2) is 4.79 Å². The number of carbonyl (C=O) groups excluding carboxylic acids is 1. The molecule has 1 saturated carbocycles. The molecule has 1 heterocycles. The average molecular weight is 231 g/mol. The molecule has 3 nitrogen and oxygen atoms in total. The standard InChI is InChI=1S/C14H17NO2/c16-14-15(9-12-4-2-1-3-5-12)10-13(17-14)8-11-6-7-11/h1-5,11,13H,6-10H2. The number of hydrogen-bond acceptors (Lipinski definition) is 2. The smallest absolute Gasteiger partial charge is 0.410 e. The second-order valence-electron chi connectivity index (χ2n) is 5.05. The Bertz CT molecular complexity index is 400. The summed E-state index contributed by atoms with van der Waals surface area (Å²) in [5.41, 5.74) is 1.16. The lowest BCUT2D eigenvalue weighted by atomic mass is 10.1. The lowest BCUT2D eigenvalue weighted by molar-refractivity contribution is 0.126. The Morgan fingerprint density at radius 2 is 2.00 bits per heavy atom. The minimum absolute atomic E-state index is 0.124. The SMILES string of the molecule is O=C1OC(CC2CC2)CN1Cc1ccccc1. The second-order valence-corrected chi connectivity index (χ2v) is 5.05. The van der Waals surface area contributed by atoms with Crippen molar-refractivity contribution in [2.24, 2.45) is 5.92 Å². The van der Waals surface area contributed by atoms with E-state index in [1.807, 2.05) is 35.2 Å². The van der Waals surface area contributed by atoms with Gasteiger partial charge in [0, 0.05) is 6.54 Å². The zero-order chi connectivity index (χ0) is 11.7. The summed E-state index contributed by atoms with van der Waals surface area (Å²) in [6.07, 6.45) is 3.65. The molecule has 0 N–H and O–H groups in total. The largest absolute Gasteiger partial charge is 0.444 e. The Kier molecular flexibility index (Phi) is 2.75. The van der Waals surface area contributed by atoms with Crippen LogP contribution < -0.4 is 0 Å². The van der Waals surface area contributed by atoms with Crippen molar-refractivity contribution in [3.05, 3.63) is 35.9 Å². The summed E-state index contributed by atoms with van der Waals surface area (Å²) in [4.78, 5) is 13.5. The third kappa shape index (κ3) is 2.60. The summed E-state index contributed by atoms with van der Waals surface area (Å²) in [7, 11) is 0. The lowest BCUT2D eigenvalue weighted by Crippen LogP contribution is -2.24. The van der Waals surface area contributed by atoms with E-state index < -0.39 is 0 Å². The molecule has 0 bridgehead atoms. The first kappa shape index (κ1) is 10.6. The van der Waals surface area contributed by atoms with Gasteiger partial charge in [-0.15, -0.1) is 0 Å². The molecule has 1 aliphatic heterocycles. The number of cyclic esters (lactones) is 1. The number of ether oxygens (including phenoxy) is 1. The molecule has 2 aliphatic rings. The highest BCUT2D eigenvalue weighted by Crippen LogP contribution is 2.35. The molecule has 1 amide bonds. The summed E-state index contributed by atoms with van der Waals surface area (Å²) >= 11 is 0. The highest BCUT2D eigenvalue weighted by Gasteiger charge is 2.35. The van der Waals surface area contributed by atoms with Crippen molar-refractivity contribution in [3.63, 3.8) is 0 Å². The van der Waals surface area contributed by atoms with Crippen LogP contribution in [-0.4, -0.2) is 23.6 Å². The Labute approximate surface area is 101 Å². The maximum atomic E-state index is 11.7. The van der Waals surface area contributed by atoms with Gasteiger partial charge in [0.1, 0.15) is 6.10 Å². The predicted octanol–water partition coefficient (Wildman–Crippen LogP) is 2.81. The van der Waals surface area contributed by atoms with Crippen molar-refractivity contribution in [2.75, 3.05) is 6.54 Å². The van der Waals surface area contributed by atoms with Crippen LogP contribution >= 0.6 is 0 Å². The fourth-order valence-electron chi connectivity index (χ4n) is 2.36. The highest BCUT2D eigenvalue weighted by atomic mass is 16.6. The number of hydrogen-bond donors (Lipinski definition) is 0. The summed E-state index contributed by atoms with van der Waals surface area (Å²) < 4.78 is 5.38. The molecule has 0 spiro atoms. The van der Waals surface area contributed by atoms with E-state index in [0.29, 0.717) is 6.54 Å². The number of carbonyl (C=O) groups is 1. The van der Waals surface area contributed by atoms with Gasteiger partial charge in [0.2, 0.25) is 0 Å². The predicted molar refractivity (Wildman–Crippen MR) is 64.5 cm³/mol. The van der Waals surface area contributed by atoms with E-state index in [9.17, 15) is 4.79 Å². The number of amides is 1. The zero-order valence-electron chi connectivity index (χ0n) is 9.84. The van der Waals surface area contributed by atoms with Gasteiger partial charge in [-0.3, -0.25) is 0 Å². The van der Waals surface area contributed by atoms with Crippen LogP contribution in [0, 0.1) is 5.92 Å². The number of nitrogens with zero attached hydrogens (tertiary/aromatic N) is 1. The Hall–Kier alpha value is -1.51.